The van der Waals surface area contributed by atoms with E-state index in [0.29, 0.717) is 32.5 Å². The average molecular weight is 614 g/mol. The molecule has 3 N–H and O–H groups in total. The third kappa shape index (κ3) is 6.77. The highest BCUT2D eigenvalue weighted by atomic mass is 127. The minimum absolute atomic E-state index is 0.0216. The first-order valence-corrected chi connectivity index (χ1v) is 13.4. The van der Waals surface area contributed by atoms with Crippen molar-refractivity contribution in [3.05, 3.63) is 32.9 Å². The summed E-state index contributed by atoms with van der Waals surface area (Å²) in [6.45, 7) is 1.39. The van der Waals surface area contributed by atoms with Gasteiger partial charge in [-0.3, -0.25) is 14.4 Å². The van der Waals surface area contributed by atoms with Crippen molar-refractivity contribution in [2.45, 2.75) is 76.2 Å². The number of hydrogen-bond acceptors (Lipinski definition) is 7. The number of carbonyl (C=O) groups is 3. The molecule has 2 aliphatic rings. The van der Waals surface area contributed by atoms with E-state index >= 15 is 0 Å². The second-order valence-electron chi connectivity index (χ2n) is 9.24. The first-order chi connectivity index (χ1) is 17.3. The summed E-state index contributed by atoms with van der Waals surface area (Å²) in [5, 5.41) is 23.3. The lowest BCUT2D eigenvalue weighted by atomic mass is 9.86. The van der Waals surface area contributed by atoms with Crippen LogP contribution in [0.5, 0.6) is 11.5 Å². The minimum Gasteiger partial charge on any atom is -0.493 e. The first-order valence-electron chi connectivity index (χ1n) is 12.4. The fourth-order valence-corrected chi connectivity index (χ4v) is 5.86. The summed E-state index contributed by atoms with van der Waals surface area (Å²) in [4.78, 5) is 38.9. The van der Waals surface area contributed by atoms with Gasteiger partial charge >= 0.3 is 0 Å². The number of carbonyl (C=O) groups excluding carboxylic acids is 3. The molecule has 3 atom stereocenters. The Morgan fingerprint density at radius 2 is 1.92 bits per heavy atom. The Bertz CT molecular complexity index is 975. The second kappa shape index (κ2) is 13.4. The van der Waals surface area contributed by atoms with Crippen molar-refractivity contribution >= 4 is 40.7 Å². The molecule has 1 aromatic carbocycles. The van der Waals surface area contributed by atoms with Gasteiger partial charge in [-0.2, -0.15) is 0 Å². The van der Waals surface area contributed by atoms with Gasteiger partial charge in [-0.05, 0) is 53.6 Å². The van der Waals surface area contributed by atoms with Crippen molar-refractivity contribution in [3.8, 4) is 11.5 Å². The van der Waals surface area contributed by atoms with Crippen LogP contribution in [0.1, 0.15) is 62.2 Å². The molecule has 3 rings (SSSR count). The normalized spacial score (nSPS) is 22.7. The van der Waals surface area contributed by atoms with Crippen LogP contribution in [0.2, 0.25) is 0 Å². The fourth-order valence-electron chi connectivity index (χ4n) is 5.10. The van der Waals surface area contributed by atoms with Crippen molar-refractivity contribution in [1.29, 1.82) is 0 Å². The Balaban J connectivity index is 1.99. The van der Waals surface area contributed by atoms with Crippen LogP contribution >= 0.6 is 22.6 Å². The van der Waals surface area contributed by atoms with E-state index in [2.05, 4.69) is 5.32 Å². The maximum absolute atomic E-state index is 12.9. The quantitative estimate of drug-likeness (QED) is 0.222. The predicted octanol–water partition coefficient (Wildman–Crippen LogP) is 2.60. The molecule has 1 aromatic rings. The van der Waals surface area contributed by atoms with Crippen LogP contribution in [0.25, 0.3) is 0 Å². The van der Waals surface area contributed by atoms with Crippen LogP contribution in [0, 0.1) is 3.57 Å². The maximum atomic E-state index is 12.9. The number of methoxy groups -OCH3 is 1. The van der Waals surface area contributed by atoms with Gasteiger partial charge in [0.1, 0.15) is 18.5 Å². The van der Waals surface area contributed by atoms with Crippen LogP contribution < -0.4 is 14.8 Å². The largest absolute Gasteiger partial charge is 0.493 e. The molecule has 1 fully saturated rings. The number of benzene rings is 1. The van der Waals surface area contributed by atoms with Crippen molar-refractivity contribution in [3.63, 3.8) is 0 Å². The molecule has 9 nitrogen and oxygen atoms in total. The molecule has 198 valence electrons. The summed E-state index contributed by atoms with van der Waals surface area (Å²) in [7, 11) is 1.46. The number of ether oxygens (including phenoxy) is 2. The highest BCUT2D eigenvalue weighted by Crippen LogP contribution is 2.37. The summed E-state index contributed by atoms with van der Waals surface area (Å²) in [5.41, 5.74) is 0.795. The summed E-state index contributed by atoms with van der Waals surface area (Å²) in [6.07, 6.45) is 6.36. The highest BCUT2D eigenvalue weighted by molar-refractivity contribution is 14.1. The molecule has 2 amide bonds. The molecule has 36 heavy (non-hydrogen) atoms. The smallest absolute Gasteiger partial charge is 0.247 e. The molecule has 0 radical (unpaired) electrons. The molecule has 3 unspecified atom stereocenters. The number of nitrogens with zero attached hydrogens (tertiary/aromatic N) is 1. The van der Waals surface area contributed by atoms with Gasteiger partial charge in [0.25, 0.3) is 0 Å². The molecule has 1 saturated carbocycles. The molecule has 0 aromatic heterocycles. The third-order valence-corrected chi connectivity index (χ3v) is 7.60. The molecular formula is C26H35IN2O7. The Hall–Kier alpha value is -2.18. The van der Waals surface area contributed by atoms with Gasteiger partial charge < -0.3 is 29.9 Å². The molecular weight excluding hydrogens is 579 g/mol. The Labute approximate surface area is 225 Å². The monoisotopic (exact) mass is 614 g/mol. The van der Waals surface area contributed by atoms with Crippen molar-refractivity contribution in [2.75, 3.05) is 20.3 Å². The molecule has 0 spiro atoms. The summed E-state index contributed by atoms with van der Waals surface area (Å²) >= 11 is 2.03. The van der Waals surface area contributed by atoms with Gasteiger partial charge in [-0.25, -0.2) is 0 Å². The van der Waals surface area contributed by atoms with E-state index in [1.807, 2.05) is 22.6 Å². The van der Waals surface area contributed by atoms with E-state index in [0.717, 1.165) is 38.5 Å². The zero-order valence-electron chi connectivity index (χ0n) is 20.7. The zero-order chi connectivity index (χ0) is 26.2. The lowest BCUT2D eigenvalue weighted by molar-refractivity contribution is -0.140. The van der Waals surface area contributed by atoms with Crippen LogP contribution in [0.3, 0.4) is 0 Å². The SMILES string of the molecule is COc1cc(C=O)cc(I)c1OC1C=C(C(=O)NCCO)CC(N(C(C)=O)C2CCCCCC2)C1O. The predicted molar refractivity (Wildman–Crippen MR) is 142 cm³/mol. The Morgan fingerprint density at radius 3 is 2.50 bits per heavy atom. The van der Waals surface area contributed by atoms with Crippen LogP contribution in [-0.2, 0) is 9.59 Å². The standard InChI is InChI=1S/C26H35IN2O7/c1-16(32)29(19-7-5-3-4-6-8-19)21-13-18(26(34)28-9-10-30)14-22(24(21)33)36-25-20(27)11-17(15-31)12-23(25)35-2/h11-12,14-15,19,21-22,24,30,33H,3-10,13H2,1-2H3,(H,28,34). The van der Waals surface area contributed by atoms with Crippen molar-refractivity contribution in [2.24, 2.45) is 0 Å². The third-order valence-electron chi connectivity index (χ3n) is 6.80. The molecule has 2 aliphatic carbocycles. The van der Waals surface area contributed by atoms with Crippen LogP contribution in [0.15, 0.2) is 23.8 Å². The van der Waals surface area contributed by atoms with Crippen molar-refractivity contribution < 1.29 is 34.1 Å². The number of amides is 2. The lowest BCUT2D eigenvalue weighted by Gasteiger charge is -2.43. The van der Waals surface area contributed by atoms with E-state index < -0.39 is 18.2 Å². The average Bonchev–Trinajstić information content (AvgIpc) is 3.14. The number of aliphatic hydroxyl groups excluding tert-OH is 2. The summed E-state index contributed by atoms with van der Waals surface area (Å²) in [6, 6.07) is 2.51. The fraction of sp³-hybridized carbons (Fsp3) is 0.577. The lowest BCUT2D eigenvalue weighted by Crippen LogP contribution is -2.57. The number of hydrogen-bond donors (Lipinski definition) is 3. The summed E-state index contributed by atoms with van der Waals surface area (Å²) < 4.78 is 12.3. The highest BCUT2D eigenvalue weighted by Gasteiger charge is 2.42. The summed E-state index contributed by atoms with van der Waals surface area (Å²) in [5.74, 6) is 0.134. The zero-order valence-corrected chi connectivity index (χ0v) is 22.9. The van der Waals surface area contributed by atoms with Gasteiger partial charge in [0, 0.05) is 37.1 Å². The van der Waals surface area contributed by atoms with E-state index in [1.54, 1.807) is 23.1 Å². The van der Waals surface area contributed by atoms with Gasteiger partial charge in [-0.15, -0.1) is 0 Å². The van der Waals surface area contributed by atoms with E-state index in [-0.39, 0.29) is 37.4 Å². The van der Waals surface area contributed by atoms with Gasteiger partial charge in [0.15, 0.2) is 11.5 Å². The molecule has 0 saturated heterocycles. The minimum atomic E-state index is -1.10. The molecule has 10 heteroatoms. The number of aliphatic hydroxyl groups is 2. The second-order valence-corrected chi connectivity index (χ2v) is 10.4. The van der Waals surface area contributed by atoms with E-state index in [9.17, 15) is 19.5 Å². The topological polar surface area (TPSA) is 125 Å². The van der Waals surface area contributed by atoms with Gasteiger partial charge in [0.05, 0.1) is 23.3 Å². The van der Waals surface area contributed by atoms with E-state index in [1.165, 1.54) is 14.0 Å². The number of aldehydes is 1. The Kier molecular flexibility index (Phi) is 10.6. The van der Waals surface area contributed by atoms with Crippen LogP contribution in [-0.4, -0.2) is 77.8 Å². The number of rotatable bonds is 9. The van der Waals surface area contributed by atoms with Gasteiger partial charge in [0.2, 0.25) is 11.8 Å². The number of nitrogens with one attached hydrogen (secondary N) is 1. The van der Waals surface area contributed by atoms with Crippen LogP contribution in [0.4, 0.5) is 0 Å². The molecule has 0 aliphatic heterocycles. The van der Waals surface area contributed by atoms with Crippen molar-refractivity contribution in [1.82, 2.24) is 10.2 Å². The number of halogens is 1. The molecule has 0 bridgehead atoms. The first kappa shape index (κ1) is 28.4. The van der Waals surface area contributed by atoms with E-state index in [4.69, 9.17) is 14.6 Å². The maximum Gasteiger partial charge on any atom is 0.247 e. The molecule has 0 heterocycles. The van der Waals surface area contributed by atoms with Gasteiger partial charge in [-0.1, -0.05) is 25.7 Å². The Morgan fingerprint density at radius 1 is 1.22 bits per heavy atom.